The molecule has 0 N–H and O–H groups in total. The van der Waals surface area contributed by atoms with E-state index < -0.39 is 0 Å². The molecule has 0 aliphatic heterocycles. The zero-order valence-corrected chi connectivity index (χ0v) is 31.3. The summed E-state index contributed by atoms with van der Waals surface area (Å²) in [5, 5.41) is 8.72. The van der Waals surface area contributed by atoms with Gasteiger partial charge in [-0.15, -0.1) is 0 Å². The molecular weight excluding hydrogens is 649 g/mol. The number of aromatic nitrogens is 4. The van der Waals surface area contributed by atoms with E-state index in [-0.39, 0.29) is 0 Å². The molecular formula is C41H47Cl2N5O. The van der Waals surface area contributed by atoms with Gasteiger partial charge in [0.2, 0.25) is 0 Å². The second kappa shape index (κ2) is 14.1. The third kappa shape index (κ3) is 6.41. The van der Waals surface area contributed by atoms with Crippen LogP contribution >= 0.6 is 23.2 Å². The Kier molecular flexibility index (Phi) is 10.0. The quantitative estimate of drug-likeness (QED) is 0.0964. The number of aryl methyl sites for hydroxylation is 4. The SMILES string of the molecule is C=Cc1c(CCCCC2C=C(C)C(Cl)=C(C)C2)c2ccc(Cl)c(-c3c(C)nn(C)c3C)c2n1CCN(C)c1cn(C)c2ccc(C=O)cc12. The number of carbonyl (C=O) groups excluding carboxylic acids is 1. The molecule has 0 spiro atoms. The highest BCUT2D eigenvalue weighted by atomic mass is 35.5. The molecule has 0 fully saturated rings. The van der Waals surface area contributed by atoms with Crippen molar-refractivity contribution < 1.29 is 4.79 Å². The smallest absolute Gasteiger partial charge is 0.150 e. The Morgan fingerprint density at radius 1 is 1.04 bits per heavy atom. The Morgan fingerprint density at radius 2 is 1.82 bits per heavy atom. The molecule has 3 aromatic heterocycles. The molecule has 1 unspecified atom stereocenters. The van der Waals surface area contributed by atoms with Gasteiger partial charge in [-0.1, -0.05) is 53.9 Å². The van der Waals surface area contributed by atoms with Gasteiger partial charge in [-0.3, -0.25) is 9.48 Å². The van der Waals surface area contributed by atoms with Crippen LogP contribution in [0.4, 0.5) is 5.69 Å². The third-order valence-corrected chi connectivity index (χ3v) is 11.4. The monoisotopic (exact) mass is 695 g/mol. The number of fused-ring (bicyclic) bond motifs is 2. The van der Waals surface area contributed by atoms with Gasteiger partial charge in [0.15, 0.2) is 0 Å². The number of carbonyl (C=O) groups is 1. The van der Waals surface area contributed by atoms with Crippen LogP contribution in [0.25, 0.3) is 39.0 Å². The van der Waals surface area contributed by atoms with Gasteiger partial charge in [0, 0.05) is 89.8 Å². The first-order valence-corrected chi connectivity index (χ1v) is 18.0. The van der Waals surface area contributed by atoms with Crippen LogP contribution in [0, 0.1) is 19.8 Å². The lowest BCUT2D eigenvalue weighted by Gasteiger charge is -2.21. The van der Waals surface area contributed by atoms with E-state index >= 15 is 0 Å². The number of likely N-dealkylation sites (N-methyl/N-ethyl adjacent to an activating group) is 1. The van der Waals surface area contributed by atoms with Gasteiger partial charge >= 0.3 is 0 Å². The number of nitrogens with zero attached hydrogens (tertiary/aromatic N) is 5. The average molecular weight is 697 g/mol. The van der Waals surface area contributed by atoms with Gasteiger partial charge in [-0.05, 0) is 101 Å². The van der Waals surface area contributed by atoms with E-state index in [4.69, 9.17) is 28.3 Å². The highest BCUT2D eigenvalue weighted by Gasteiger charge is 2.25. The lowest BCUT2D eigenvalue weighted by Crippen LogP contribution is -2.23. The molecule has 1 aliphatic rings. The van der Waals surface area contributed by atoms with Crippen LogP contribution in [0.2, 0.25) is 5.02 Å². The summed E-state index contributed by atoms with van der Waals surface area (Å²) in [6.07, 6.45) is 12.8. The molecule has 6 rings (SSSR count). The molecule has 1 aliphatic carbocycles. The molecule has 3 heterocycles. The van der Waals surface area contributed by atoms with E-state index in [2.05, 4.69) is 73.7 Å². The molecule has 0 saturated carbocycles. The predicted octanol–water partition coefficient (Wildman–Crippen LogP) is 10.6. The van der Waals surface area contributed by atoms with E-state index in [1.807, 2.05) is 49.1 Å². The summed E-state index contributed by atoms with van der Waals surface area (Å²) in [4.78, 5) is 13.9. The Balaban J connectivity index is 1.38. The molecule has 0 amide bonds. The summed E-state index contributed by atoms with van der Waals surface area (Å²) in [6, 6.07) is 10.1. The van der Waals surface area contributed by atoms with E-state index in [9.17, 15) is 4.79 Å². The van der Waals surface area contributed by atoms with Crippen LogP contribution in [0.1, 0.15) is 72.5 Å². The molecule has 5 aromatic rings. The molecule has 0 bridgehead atoms. The van der Waals surface area contributed by atoms with Crippen molar-refractivity contribution in [2.24, 2.45) is 20.0 Å². The van der Waals surface area contributed by atoms with Gasteiger partial charge in [0.05, 0.1) is 21.9 Å². The van der Waals surface area contributed by atoms with Crippen LogP contribution in [-0.2, 0) is 27.1 Å². The van der Waals surface area contributed by atoms with Crippen molar-refractivity contribution in [3.63, 3.8) is 0 Å². The maximum absolute atomic E-state index is 11.6. The van der Waals surface area contributed by atoms with Crippen LogP contribution in [-0.4, -0.2) is 38.8 Å². The second-order valence-corrected chi connectivity index (χ2v) is 14.6. The first kappa shape index (κ1) is 34.8. The van der Waals surface area contributed by atoms with Crippen LogP contribution < -0.4 is 4.90 Å². The van der Waals surface area contributed by atoms with Crippen molar-refractivity contribution >= 4 is 63.1 Å². The topological polar surface area (TPSA) is 48.0 Å². The number of hydrogen-bond donors (Lipinski definition) is 0. The largest absolute Gasteiger partial charge is 0.371 e. The van der Waals surface area contributed by atoms with Crippen molar-refractivity contribution in [2.75, 3.05) is 18.5 Å². The van der Waals surface area contributed by atoms with Crippen molar-refractivity contribution in [1.29, 1.82) is 0 Å². The fourth-order valence-corrected chi connectivity index (χ4v) is 8.34. The fourth-order valence-electron chi connectivity index (χ4n) is 7.95. The number of aldehydes is 1. The minimum atomic E-state index is 0.539. The number of unbranched alkanes of at least 4 members (excludes halogenated alkanes) is 1. The zero-order chi connectivity index (χ0) is 35.1. The first-order chi connectivity index (χ1) is 23.4. The van der Waals surface area contributed by atoms with Gasteiger partial charge < -0.3 is 14.0 Å². The normalized spacial score (nSPS) is 15.0. The van der Waals surface area contributed by atoms with Gasteiger partial charge in [-0.2, -0.15) is 5.10 Å². The zero-order valence-electron chi connectivity index (χ0n) is 29.8. The molecule has 6 nitrogen and oxygen atoms in total. The van der Waals surface area contributed by atoms with Gasteiger partial charge in [0.1, 0.15) is 6.29 Å². The summed E-state index contributed by atoms with van der Waals surface area (Å²) in [7, 11) is 6.16. The minimum absolute atomic E-state index is 0.539. The van der Waals surface area contributed by atoms with E-state index in [0.29, 0.717) is 11.5 Å². The molecule has 256 valence electrons. The van der Waals surface area contributed by atoms with Gasteiger partial charge in [-0.25, -0.2) is 0 Å². The highest BCUT2D eigenvalue weighted by Crippen LogP contribution is 2.43. The summed E-state index contributed by atoms with van der Waals surface area (Å²) in [5.41, 5.74) is 13.1. The fraction of sp³-hybridized carbons (Fsp3) is 0.366. The summed E-state index contributed by atoms with van der Waals surface area (Å²) in [6.45, 7) is 14.3. The second-order valence-electron chi connectivity index (χ2n) is 13.8. The Bertz CT molecular complexity index is 2160. The summed E-state index contributed by atoms with van der Waals surface area (Å²) in [5.74, 6) is 0.539. The van der Waals surface area contributed by atoms with E-state index in [0.717, 1.165) is 112 Å². The number of hydrogen-bond acceptors (Lipinski definition) is 3. The Hall–Kier alpha value is -4.00. The highest BCUT2D eigenvalue weighted by molar-refractivity contribution is 6.35. The van der Waals surface area contributed by atoms with Crippen molar-refractivity contribution in [3.05, 3.63) is 98.6 Å². The predicted molar refractivity (Wildman–Crippen MR) is 208 cm³/mol. The number of allylic oxidation sites excluding steroid dienone is 4. The lowest BCUT2D eigenvalue weighted by atomic mass is 9.87. The van der Waals surface area contributed by atoms with Gasteiger partial charge in [0.25, 0.3) is 0 Å². The molecule has 49 heavy (non-hydrogen) atoms. The molecule has 1 atom stereocenters. The van der Waals surface area contributed by atoms with Crippen LogP contribution in [0.15, 0.2) is 65.4 Å². The maximum Gasteiger partial charge on any atom is 0.150 e. The molecule has 0 saturated heterocycles. The van der Waals surface area contributed by atoms with E-state index in [1.165, 1.54) is 22.1 Å². The van der Waals surface area contributed by atoms with Crippen LogP contribution in [0.3, 0.4) is 0 Å². The first-order valence-electron chi connectivity index (χ1n) is 17.2. The number of anilines is 1. The Morgan fingerprint density at radius 3 is 2.49 bits per heavy atom. The molecule has 2 aromatic carbocycles. The molecule has 0 radical (unpaired) electrons. The number of halogens is 2. The van der Waals surface area contributed by atoms with E-state index in [1.54, 1.807) is 0 Å². The van der Waals surface area contributed by atoms with Crippen molar-refractivity contribution in [1.82, 2.24) is 18.9 Å². The minimum Gasteiger partial charge on any atom is -0.371 e. The number of rotatable bonds is 12. The van der Waals surface area contributed by atoms with Crippen molar-refractivity contribution in [3.8, 4) is 11.1 Å². The standard InChI is InChI=1S/C41H47Cl2N5O/c1-9-35-31(13-11-10-12-29-20-25(2)40(43)26(3)21-29)32-15-16-34(42)39(38-27(4)44-47(8)28(38)5)41(32)48(35)19-18-45(6)37-23-46(7)36-17-14-30(24-49)22-33(36)37/h9,14-17,20,22-24,29H,1,10-13,18-19,21H2,2-8H3. The summed E-state index contributed by atoms with van der Waals surface area (Å²) < 4.78 is 6.49. The van der Waals surface area contributed by atoms with Crippen molar-refractivity contribution in [2.45, 2.75) is 66.3 Å². The molecule has 8 heteroatoms. The summed E-state index contributed by atoms with van der Waals surface area (Å²) >= 11 is 13.6. The Labute approximate surface area is 300 Å². The number of benzene rings is 2. The lowest BCUT2D eigenvalue weighted by molar-refractivity contribution is 0.112. The third-order valence-electron chi connectivity index (χ3n) is 10.5. The maximum atomic E-state index is 11.6. The van der Waals surface area contributed by atoms with Crippen LogP contribution in [0.5, 0.6) is 0 Å². The average Bonchev–Trinajstić information content (AvgIpc) is 3.67.